The van der Waals surface area contributed by atoms with E-state index in [9.17, 15) is 4.79 Å². The Morgan fingerprint density at radius 2 is 1.92 bits per heavy atom. The summed E-state index contributed by atoms with van der Waals surface area (Å²) in [7, 11) is 0. The Bertz CT molecular complexity index is 926. The zero-order valence-corrected chi connectivity index (χ0v) is 14.9. The summed E-state index contributed by atoms with van der Waals surface area (Å²) in [6.07, 6.45) is 5.12. The Balaban J connectivity index is 1.45. The number of amides is 2. The molecule has 6 nitrogen and oxygen atoms in total. The van der Waals surface area contributed by atoms with Crippen LogP contribution in [0.5, 0.6) is 0 Å². The molecule has 3 heterocycles. The van der Waals surface area contributed by atoms with Crippen molar-refractivity contribution in [2.24, 2.45) is 0 Å². The van der Waals surface area contributed by atoms with Crippen LogP contribution in [0, 0.1) is 0 Å². The molecule has 1 aromatic carbocycles. The van der Waals surface area contributed by atoms with Crippen molar-refractivity contribution in [2.45, 2.75) is 0 Å². The first-order valence-electron chi connectivity index (χ1n) is 8.46. The Hall–Kier alpha value is -2.86. The molecule has 1 fully saturated rings. The maximum Gasteiger partial charge on any atom is 0.322 e. The number of hydrogen-bond acceptors (Lipinski definition) is 4. The van der Waals surface area contributed by atoms with Gasteiger partial charge >= 0.3 is 6.03 Å². The Morgan fingerprint density at radius 3 is 2.69 bits per heavy atom. The van der Waals surface area contributed by atoms with E-state index in [0.717, 1.165) is 29.7 Å². The lowest BCUT2D eigenvalue weighted by atomic mass is 10.1. The van der Waals surface area contributed by atoms with Crippen molar-refractivity contribution >= 4 is 39.9 Å². The largest absolute Gasteiger partial charge is 0.367 e. The number of carbonyl (C=O) groups excluding carboxylic acids is 1. The van der Waals surface area contributed by atoms with Gasteiger partial charge in [0.05, 0.1) is 17.4 Å². The fourth-order valence-electron chi connectivity index (χ4n) is 3.17. The minimum atomic E-state index is -0.0935. The number of pyridine rings is 2. The third-order valence-electron chi connectivity index (χ3n) is 4.50. The van der Waals surface area contributed by atoms with Gasteiger partial charge < -0.3 is 15.1 Å². The summed E-state index contributed by atoms with van der Waals surface area (Å²) in [5.74, 6) is 0. The van der Waals surface area contributed by atoms with Crippen LogP contribution in [0.3, 0.4) is 0 Å². The number of halogens is 1. The SMILES string of the molecule is O=C(Nc1cccnc1)N1CCN(c2ccnc3cc(Cl)ccc23)CC1. The van der Waals surface area contributed by atoms with E-state index in [1.165, 1.54) is 0 Å². The third kappa shape index (κ3) is 3.41. The molecule has 26 heavy (non-hydrogen) atoms. The molecule has 1 aliphatic rings. The number of nitrogens with zero attached hydrogens (tertiary/aromatic N) is 4. The second-order valence-electron chi connectivity index (χ2n) is 6.14. The first kappa shape index (κ1) is 16.6. The van der Waals surface area contributed by atoms with Crippen molar-refractivity contribution in [1.29, 1.82) is 0 Å². The quantitative estimate of drug-likeness (QED) is 0.751. The molecule has 132 valence electrons. The monoisotopic (exact) mass is 367 g/mol. The highest BCUT2D eigenvalue weighted by Gasteiger charge is 2.22. The van der Waals surface area contributed by atoms with Crippen LogP contribution in [-0.2, 0) is 0 Å². The number of urea groups is 1. The molecule has 0 unspecified atom stereocenters. The smallest absolute Gasteiger partial charge is 0.322 e. The first-order valence-corrected chi connectivity index (χ1v) is 8.84. The molecule has 1 N–H and O–H groups in total. The standard InChI is InChI=1S/C19H18ClN5O/c20-14-3-4-16-17(12-14)22-7-5-18(16)24-8-10-25(11-9-24)19(26)23-15-2-1-6-21-13-15/h1-7,12-13H,8-11H2,(H,23,26). The molecule has 0 atom stereocenters. The predicted molar refractivity (Wildman–Crippen MR) is 104 cm³/mol. The minimum absolute atomic E-state index is 0.0935. The van der Waals surface area contributed by atoms with Crippen molar-refractivity contribution in [3.63, 3.8) is 0 Å². The number of anilines is 2. The van der Waals surface area contributed by atoms with Crippen molar-refractivity contribution in [1.82, 2.24) is 14.9 Å². The van der Waals surface area contributed by atoms with Gasteiger partial charge in [0.1, 0.15) is 0 Å². The molecule has 0 saturated carbocycles. The highest BCUT2D eigenvalue weighted by atomic mass is 35.5. The molecular weight excluding hydrogens is 350 g/mol. The number of hydrogen-bond donors (Lipinski definition) is 1. The maximum absolute atomic E-state index is 12.4. The van der Waals surface area contributed by atoms with Crippen LogP contribution in [0.15, 0.2) is 55.0 Å². The Kier molecular flexibility index (Phi) is 4.58. The summed E-state index contributed by atoms with van der Waals surface area (Å²) in [5.41, 5.74) is 2.71. The van der Waals surface area contributed by atoms with Crippen LogP contribution < -0.4 is 10.2 Å². The zero-order valence-electron chi connectivity index (χ0n) is 14.1. The van der Waals surface area contributed by atoms with Gasteiger partial charge in [-0.1, -0.05) is 11.6 Å². The summed E-state index contributed by atoms with van der Waals surface area (Å²) in [5, 5.41) is 4.64. The number of rotatable bonds is 2. The van der Waals surface area contributed by atoms with Crippen LogP contribution in [0.1, 0.15) is 0 Å². The van der Waals surface area contributed by atoms with Gasteiger partial charge in [-0.05, 0) is 36.4 Å². The number of carbonyl (C=O) groups is 1. The van der Waals surface area contributed by atoms with Crippen LogP contribution in [0.2, 0.25) is 5.02 Å². The summed E-state index contributed by atoms with van der Waals surface area (Å²) < 4.78 is 0. The van der Waals surface area contributed by atoms with Gasteiger partial charge in [-0.15, -0.1) is 0 Å². The summed E-state index contributed by atoms with van der Waals surface area (Å²) in [6, 6.07) is 11.3. The molecule has 1 aliphatic heterocycles. The molecule has 0 bridgehead atoms. The second-order valence-corrected chi connectivity index (χ2v) is 6.57. The predicted octanol–water partition coefficient (Wildman–Crippen LogP) is 3.64. The normalized spacial score (nSPS) is 14.5. The summed E-state index contributed by atoms with van der Waals surface area (Å²) in [4.78, 5) is 24.9. The Labute approximate surface area is 156 Å². The first-order chi connectivity index (χ1) is 12.7. The van der Waals surface area contributed by atoms with Gasteiger partial charge in [0, 0.05) is 54.7 Å². The highest BCUT2D eigenvalue weighted by Crippen LogP contribution is 2.28. The van der Waals surface area contributed by atoms with Crippen molar-refractivity contribution in [2.75, 3.05) is 36.4 Å². The van der Waals surface area contributed by atoms with Crippen molar-refractivity contribution in [3.05, 3.63) is 60.0 Å². The van der Waals surface area contributed by atoms with Gasteiger partial charge in [0.2, 0.25) is 0 Å². The lowest BCUT2D eigenvalue weighted by Gasteiger charge is -2.36. The molecular formula is C19H18ClN5O. The molecule has 4 rings (SSSR count). The third-order valence-corrected chi connectivity index (χ3v) is 4.74. The average Bonchev–Trinajstić information content (AvgIpc) is 2.68. The molecule has 0 radical (unpaired) electrons. The zero-order chi connectivity index (χ0) is 17.9. The topological polar surface area (TPSA) is 61.4 Å². The van der Waals surface area contributed by atoms with E-state index >= 15 is 0 Å². The second kappa shape index (κ2) is 7.17. The van der Waals surface area contributed by atoms with Crippen LogP contribution >= 0.6 is 11.6 Å². The molecule has 0 spiro atoms. The van der Waals surface area contributed by atoms with Crippen LogP contribution in [0.4, 0.5) is 16.2 Å². The number of nitrogens with one attached hydrogen (secondary N) is 1. The van der Waals surface area contributed by atoms with Gasteiger partial charge in [-0.2, -0.15) is 0 Å². The number of benzene rings is 1. The minimum Gasteiger partial charge on any atom is -0.367 e. The van der Waals surface area contributed by atoms with Crippen LogP contribution in [0.25, 0.3) is 10.9 Å². The van der Waals surface area contributed by atoms with Gasteiger partial charge in [-0.25, -0.2) is 4.79 Å². The highest BCUT2D eigenvalue weighted by molar-refractivity contribution is 6.31. The fourth-order valence-corrected chi connectivity index (χ4v) is 3.34. The van der Waals surface area contributed by atoms with E-state index < -0.39 is 0 Å². The summed E-state index contributed by atoms with van der Waals surface area (Å²) >= 11 is 6.07. The van der Waals surface area contributed by atoms with Gasteiger partial charge in [0.25, 0.3) is 0 Å². The van der Waals surface area contributed by atoms with Crippen LogP contribution in [-0.4, -0.2) is 47.1 Å². The number of aromatic nitrogens is 2. The average molecular weight is 368 g/mol. The molecule has 3 aromatic rings. The van der Waals surface area contributed by atoms with Crippen molar-refractivity contribution in [3.8, 4) is 0 Å². The lowest BCUT2D eigenvalue weighted by Crippen LogP contribution is -2.50. The van der Waals surface area contributed by atoms with E-state index in [4.69, 9.17) is 11.6 Å². The number of fused-ring (bicyclic) bond motifs is 1. The van der Waals surface area contributed by atoms with E-state index in [1.54, 1.807) is 24.7 Å². The number of piperazine rings is 1. The summed E-state index contributed by atoms with van der Waals surface area (Å²) in [6.45, 7) is 2.84. The molecule has 1 saturated heterocycles. The maximum atomic E-state index is 12.4. The van der Waals surface area contributed by atoms with E-state index in [2.05, 4.69) is 20.2 Å². The molecule has 7 heteroatoms. The van der Waals surface area contributed by atoms with E-state index in [-0.39, 0.29) is 6.03 Å². The van der Waals surface area contributed by atoms with E-state index in [1.807, 2.05) is 35.2 Å². The van der Waals surface area contributed by atoms with E-state index in [0.29, 0.717) is 23.8 Å². The van der Waals surface area contributed by atoms with Gasteiger partial charge in [-0.3, -0.25) is 9.97 Å². The van der Waals surface area contributed by atoms with Gasteiger partial charge in [0.15, 0.2) is 0 Å². The molecule has 2 amide bonds. The van der Waals surface area contributed by atoms with Crippen molar-refractivity contribution < 1.29 is 4.79 Å². The molecule has 2 aromatic heterocycles. The fraction of sp³-hybridized carbons (Fsp3) is 0.211. The Morgan fingerprint density at radius 1 is 1.08 bits per heavy atom. The molecule has 0 aliphatic carbocycles. The lowest BCUT2D eigenvalue weighted by molar-refractivity contribution is 0.208.